The molecule has 0 saturated carbocycles. The van der Waals surface area contributed by atoms with E-state index in [0.29, 0.717) is 26.9 Å². The first-order valence-electron chi connectivity index (χ1n) is 13.0. The highest BCUT2D eigenvalue weighted by Crippen LogP contribution is 2.28. The lowest BCUT2D eigenvalue weighted by Crippen LogP contribution is -2.47. The molecule has 2 aromatic carbocycles. The van der Waals surface area contributed by atoms with Gasteiger partial charge in [0.2, 0.25) is 5.91 Å². The van der Waals surface area contributed by atoms with Crippen LogP contribution >= 0.6 is 23.2 Å². The first kappa shape index (κ1) is 31.9. The van der Waals surface area contributed by atoms with E-state index < -0.39 is 35.2 Å². The van der Waals surface area contributed by atoms with Gasteiger partial charge < -0.3 is 20.1 Å². The van der Waals surface area contributed by atoms with E-state index >= 15 is 0 Å². The van der Waals surface area contributed by atoms with E-state index in [1.165, 1.54) is 6.07 Å². The number of amides is 2. The number of anilines is 1. The Morgan fingerprint density at radius 2 is 1.56 bits per heavy atom. The normalized spacial score (nSPS) is 12.3. The number of hydrogen-bond donors (Lipinski definition) is 2. The van der Waals surface area contributed by atoms with Crippen LogP contribution in [0.3, 0.4) is 0 Å². The molecule has 0 aliphatic rings. The van der Waals surface area contributed by atoms with Crippen LogP contribution < -0.4 is 10.6 Å². The van der Waals surface area contributed by atoms with Crippen molar-refractivity contribution in [3.63, 3.8) is 0 Å². The van der Waals surface area contributed by atoms with Gasteiger partial charge in [0.15, 0.2) is 0 Å². The van der Waals surface area contributed by atoms with Gasteiger partial charge in [-0.15, -0.1) is 0 Å². The third-order valence-corrected chi connectivity index (χ3v) is 6.10. The van der Waals surface area contributed by atoms with Crippen LogP contribution in [0.1, 0.15) is 63.2 Å². The fourth-order valence-electron chi connectivity index (χ4n) is 3.84. The summed E-state index contributed by atoms with van der Waals surface area (Å²) in [5, 5.41) is 6.28. The number of carbonyl (C=O) groups is 3. The number of nitrogens with zero attached hydrogens (tertiary/aromatic N) is 1. The third kappa shape index (κ3) is 10.1. The molecule has 1 heterocycles. The quantitative estimate of drug-likeness (QED) is 0.274. The van der Waals surface area contributed by atoms with Crippen molar-refractivity contribution < 1.29 is 23.9 Å². The SMILES string of the molecule is Cc1cc(-c2cc(NC(=O)[C@H](Cc3ccc(Cl)cc3Cl)NC(=O)OC(C)(C)C)cc(C(=O)OC(C)(C)C)c2)ccn1. The molecule has 8 nitrogen and oxygen atoms in total. The van der Waals surface area contributed by atoms with Gasteiger partial charge in [-0.25, -0.2) is 9.59 Å². The van der Waals surface area contributed by atoms with Crippen molar-refractivity contribution in [2.24, 2.45) is 0 Å². The van der Waals surface area contributed by atoms with Gasteiger partial charge >= 0.3 is 12.1 Å². The summed E-state index contributed by atoms with van der Waals surface area (Å²) in [5.41, 5.74) is 1.95. The van der Waals surface area contributed by atoms with Gasteiger partial charge in [-0.3, -0.25) is 9.78 Å². The average molecular weight is 601 g/mol. The van der Waals surface area contributed by atoms with Gasteiger partial charge in [0.05, 0.1) is 5.56 Å². The van der Waals surface area contributed by atoms with Crippen LogP contribution in [0.25, 0.3) is 11.1 Å². The zero-order chi connectivity index (χ0) is 30.5. The Morgan fingerprint density at radius 1 is 0.878 bits per heavy atom. The third-order valence-electron chi connectivity index (χ3n) is 5.51. The van der Waals surface area contributed by atoms with Gasteiger partial charge in [0.1, 0.15) is 17.2 Å². The monoisotopic (exact) mass is 599 g/mol. The zero-order valence-electron chi connectivity index (χ0n) is 24.2. The molecule has 1 atom stereocenters. The highest BCUT2D eigenvalue weighted by Gasteiger charge is 2.27. The van der Waals surface area contributed by atoms with Crippen molar-refractivity contribution in [1.82, 2.24) is 10.3 Å². The van der Waals surface area contributed by atoms with E-state index in [0.717, 1.165) is 11.3 Å². The summed E-state index contributed by atoms with van der Waals surface area (Å²) in [4.78, 5) is 43.6. The molecule has 0 saturated heterocycles. The first-order valence-corrected chi connectivity index (χ1v) is 13.8. The minimum atomic E-state index is -1.07. The fourth-order valence-corrected chi connectivity index (χ4v) is 4.33. The molecule has 0 fully saturated rings. The van der Waals surface area contributed by atoms with E-state index in [-0.39, 0.29) is 12.0 Å². The summed E-state index contributed by atoms with van der Waals surface area (Å²) < 4.78 is 11.0. The Morgan fingerprint density at radius 3 is 2.17 bits per heavy atom. The number of esters is 1. The topological polar surface area (TPSA) is 107 Å². The van der Waals surface area contributed by atoms with Crippen molar-refractivity contribution >= 4 is 46.9 Å². The number of hydrogen-bond acceptors (Lipinski definition) is 6. The molecule has 0 unspecified atom stereocenters. The number of rotatable bonds is 7. The van der Waals surface area contributed by atoms with Crippen LogP contribution in [-0.4, -0.2) is 40.2 Å². The Kier molecular flexibility index (Phi) is 10.0. The van der Waals surface area contributed by atoms with Crippen molar-refractivity contribution in [3.05, 3.63) is 81.6 Å². The summed E-state index contributed by atoms with van der Waals surface area (Å²) in [6.45, 7) is 12.4. The maximum absolute atomic E-state index is 13.6. The largest absolute Gasteiger partial charge is 0.456 e. The van der Waals surface area contributed by atoms with E-state index in [9.17, 15) is 14.4 Å². The molecule has 0 aliphatic heterocycles. The smallest absolute Gasteiger partial charge is 0.408 e. The molecule has 0 spiro atoms. The van der Waals surface area contributed by atoms with E-state index in [1.54, 1.807) is 78.1 Å². The molecule has 0 radical (unpaired) electrons. The summed E-state index contributed by atoms with van der Waals surface area (Å²) in [7, 11) is 0. The molecule has 0 aliphatic carbocycles. The fraction of sp³-hybridized carbons (Fsp3) is 0.355. The zero-order valence-corrected chi connectivity index (χ0v) is 25.7. The van der Waals surface area contributed by atoms with Gasteiger partial charge in [0.25, 0.3) is 0 Å². The Bertz CT molecular complexity index is 1440. The number of ether oxygens (including phenoxy) is 2. The van der Waals surface area contributed by atoms with Crippen LogP contribution in [0, 0.1) is 6.92 Å². The number of nitrogens with one attached hydrogen (secondary N) is 2. The number of aryl methyl sites for hydroxylation is 1. The molecular formula is C31H35Cl2N3O5. The second-order valence-corrected chi connectivity index (χ2v) is 12.5. The molecule has 10 heteroatoms. The minimum absolute atomic E-state index is 0.0588. The predicted octanol–water partition coefficient (Wildman–Crippen LogP) is 7.39. The summed E-state index contributed by atoms with van der Waals surface area (Å²) in [6.07, 6.45) is 0.960. The Hall–Kier alpha value is -3.62. The van der Waals surface area contributed by atoms with Gasteiger partial charge in [-0.2, -0.15) is 0 Å². The maximum Gasteiger partial charge on any atom is 0.408 e. The number of benzene rings is 2. The first-order chi connectivity index (χ1) is 19.0. The molecule has 0 bridgehead atoms. The van der Waals surface area contributed by atoms with Gasteiger partial charge in [0, 0.05) is 34.0 Å². The summed E-state index contributed by atoms with van der Waals surface area (Å²) >= 11 is 12.4. The standard InChI is InChI=1S/C31H35Cl2N3O5/c1-18-12-19(10-11-34-18)21-13-22(28(38)40-30(2,3)4)15-24(14-21)35-27(37)26(36-29(39)41-31(5,6)7)16-20-8-9-23(32)17-25(20)33/h8-15,17,26H,16H2,1-7H3,(H,35,37)(H,36,39)/t26-/m0/s1. The van der Waals surface area contributed by atoms with Crippen molar-refractivity contribution in [2.45, 2.75) is 72.1 Å². The van der Waals surface area contributed by atoms with Crippen LogP contribution in [-0.2, 0) is 20.7 Å². The van der Waals surface area contributed by atoms with Gasteiger partial charge in [-0.1, -0.05) is 29.3 Å². The van der Waals surface area contributed by atoms with Crippen LogP contribution in [0.15, 0.2) is 54.7 Å². The lowest BCUT2D eigenvalue weighted by molar-refractivity contribution is -0.118. The second-order valence-electron chi connectivity index (χ2n) is 11.6. The molecule has 3 rings (SSSR count). The highest BCUT2D eigenvalue weighted by atomic mass is 35.5. The number of pyridine rings is 1. The van der Waals surface area contributed by atoms with Crippen LogP contribution in [0.4, 0.5) is 10.5 Å². The number of halogens is 2. The number of alkyl carbamates (subject to hydrolysis) is 1. The molecule has 2 N–H and O–H groups in total. The van der Waals surface area contributed by atoms with Crippen LogP contribution in [0.5, 0.6) is 0 Å². The molecular weight excluding hydrogens is 565 g/mol. The lowest BCUT2D eigenvalue weighted by Gasteiger charge is -2.24. The minimum Gasteiger partial charge on any atom is -0.456 e. The Balaban J connectivity index is 1.99. The second kappa shape index (κ2) is 12.9. The predicted molar refractivity (Wildman–Crippen MR) is 162 cm³/mol. The van der Waals surface area contributed by atoms with E-state index in [4.69, 9.17) is 32.7 Å². The average Bonchev–Trinajstić information content (AvgIpc) is 2.82. The molecule has 3 aromatic rings. The van der Waals surface area contributed by atoms with Crippen molar-refractivity contribution in [3.8, 4) is 11.1 Å². The number of aromatic nitrogens is 1. The Labute approximate surface area is 250 Å². The van der Waals surface area contributed by atoms with Gasteiger partial charge in [-0.05, 0) is 108 Å². The molecule has 1 aromatic heterocycles. The van der Waals surface area contributed by atoms with E-state index in [1.807, 2.05) is 19.1 Å². The highest BCUT2D eigenvalue weighted by molar-refractivity contribution is 6.35. The summed E-state index contributed by atoms with van der Waals surface area (Å²) in [6, 6.07) is 12.5. The number of carbonyl (C=O) groups excluding carboxylic acids is 3. The molecule has 41 heavy (non-hydrogen) atoms. The van der Waals surface area contributed by atoms with Crippen LogP contribution in [0.2, 0.25) is 10.0 Å². The maximum atomic E-state index is 13.6. The molecule has 2 amide bonds. The van der Waals surface area contributed by atoms with Crippen molar-refractivity contribution in [2.75, 3.05) is 5.32 Å². The van der Waals surface area contributed by atoms with Crippen molar-refractivity contribution in [1.29, 1.82) is 0 Å². The molecule has 218 valence electrons. The van der Waals surface area contributed by atoms with E-state index in [2.05, 4.69) is 15.6 Å². The summed E-state index contributed by atoms with van der Waals surface area (Å²) in [5.74, 6) is -1.09. The lowest BCUT2D eigenvalue weighted by atomic mass is 10.0.